The quantitative estimate of drug-likeness (QED) is 0.786. The van der Waals surface area contributed by atoms with Gasteiger partial charge in [-0.05, 0) is 44.2 Å². The van der Waals surface area contributed by atoms with E-state index in [0.29, 0.717) is 0 Å². The number of nitrogens with zero attached hydrogens (tertiary/aromatic N) is 1. The molecular formula is C20H17F3N2O5. The monoisotopic (exact) mass is 422 g/mol. The van der Waals surface area contributed by atoms with Crippen molar-refractivity contribution in [1.29, 1.82) is 0 Å². The number of ether oxygens (including phenoxy) is 1. The van der Waals surface area contributed by atoms with E-state index in [1.807, 2.05) is 0 Å². The summed E-state index contributed by atoms with van der Waals surface area (Å²) in [5, 5.41) is 11.4. The number of halogens is 3. The minimum absolute atomic E-state index is 0.0461. The van der Waals surface area contributed by atoms with Crippen LogP contribution >= 0.6 is 0 Å². The molecule has 3 rings (SSSR count). The van der Waals surface area contributed by atoms with Gasteiger partial charge in [0, 0.05) is 0 Å². The number of hydrogen-bond acceptors (Lipinski definition) is 4. The van der Waals surface area contributed by atoms with Crippen molar-refractivity contribution < 1.29 is 37.4 Å². The molecule has 1 aliphatic rings. The molecule has 1 heterocycles. The maximum atomic E-state index is 13.2. The van der Waals surface area contributed by atoms with Crippen LogP contribution in [0, 0.1) is 0 Å². The second-order valence-electron chi connectivity index (χ2n) is 6.66. The number of carboxylic acids is 1. The highest BCUT2D eigenvalue weighted by molar-refractivity contribution is 6.08. The number of aromatic carboxylic acids is 1. The molecule has 2 unspecified atom stereocenters. The van der Waals surface area contributed by atoms with Gasteiger partial charge in [0.25, 0.3) is 5.91 Å². The third-order valence-electron chi connectivity index (χ3n) is 4.61. The van der Waals surface area contributed by atoms with Crippen LogP contribution in [0.4, 0.5) is 24.5 Å². The van der Waals surface area contributed by atoms with Gasteiger partial charge >= 0.3 is 12.1 Å². The molecule has 2 aromatic rings. The van der Waals surface area contributed by atoms with Crippen molar-refractivity contribution in [1.82, 2.24) is 0 Å². The Hall–Kier alpha value is -3.56. The van der Waals surface area contributed by atoms with Gasteiger partial charge in [-0.2, -0.15) is 13.2 Å². The molecule has 2 atom stereocenters. The van der Waals surface area contributed by atoms with Crippen LogP contribution in [0.3, 0.4) is 0 Å². The number of fused-ring (bicyclic) bond motifs is 1. The molecule has 2 aromatic carbocycles. The highest BCUT2D eigenvalue weighted by Crippen LogP contribution is 2.37. The van der Waals surface area contributed by atoms with Crippen LogP contribution in [0.25, 0.3) is 0 Å². The van der Waals surface area contributed by atoms with E-state index in [-0.39, 0.29) is 17.0 Å². The number of benzene rings is 2. The van der Waals surface area contributed by atoms with Gasteiger partial charge < -0.3 is 15.2 Å². The van der Waals surface area contributed by atoms with Gasteiger partial charge in [-0.1, -0.05) is 12.1 Å². The van der Waals surface area contributed by atoms with Crippen LogP contribution in [-0.2, 0) is 15.8 Å². The first-order chi connectivity index (χ1) is 14.0. The Morgan fingerprint density at radius 1 is 1.20 bits per heavy atom. The molecule has 0 fully saturated rings. The number of amides is 2. The van der Waals surface area contributed by atoms with Crippen LogP contribution in [0.15, 0.2) is 42.5 Å². The predicted molar refractivity (Wildman–Crippen MR) is 101 cm³/mol. The lowest BCUT2D eigenvalue weighted by Gasteiger charge is -2.36. The first-order valence-corrected chi connectivity index (χ1v) is 8.85. The zero-order chi connectivity index (χ0) is 22.2. The fraction of sp³-hybridized carbons (Fsp3) is 0.250. The number of carbonyl (C=O) groups is 3. The number of hydrogen-bond donors (Lipinski definition) is 2. The summed E-state index contributed by atoms with van der Waals surface area (Å²) in [6, 6.07) is 7.04. The second kappa shape index (κ2) is 7.69. The van der Waals surface area contributed by atoms with Gasteiger partial charge in [-0.25, -0.2) is 4.79 Å². The van der Waals surface area contributed by atoms with E-state index in [4.69, 9.17) is 4.74 Å². The van der Waals surface area contributed by atoms with E-state index >= 15 is 0 Å². The predicted octanol–water partition coefficient (Wildman–Crippen LogP) is 3.54. The molecule has 0 spiro atoms. The lowest BCUT2D eigenvalue weighted by Crippen LogP contribution is -2.52. The van der Waals surface area contributed by atoms with Crippen molar-refractivity contribution in [2.75, 3.05) is 10.2 Å². The normalized spacial score (nSPS) is 17.0. The number of rotatable bonds is 4. The van der Waals surface area contributed by atoms with E-state index in [0.717, 1.165) is 17.0 Å². The lowest BCUT2D eigenvalue weighted by atomic mass is 10.1. The molecule has 10 heteroatoms. The van der Waals surface area contributed by atoms with Gasteiger partial charge in [-0.15, -0.1) is 0 Å². The van der Waals surface area contributed by atoms with E-state index in [9.17, 15) is 32.7 Å². The summed E-state index contributed by atoms with van der Waals surface area (Å²) in [7, 11) is 0. The highest BCUT2D eigenvalue weighted by atomic mass is 19.4. The third kappa shape index (κ3) is 3.93. The fourth-order valence-corrected chi connectivity index (χ4v) is 3.09. The molecule has 0 saturated carbocycles. The molecule has 0 bridgehead atoms. The Morgan fingerprint density at radius 2 is 1.87 bits per heavy atom. The van der Waals surface area contributed by atoms with Gasteiger partial charge in [0.15, 0.2) is 6.10 Å². The maximum Gasteiger partial charge on any atom is 0.418 e. The SMILES string of the molecule is CC1Oc2ccc(C(=O)O)cc2N(C(C)C(=O)Nc2ccccc2C(F)(F)F)C1=O. The van der Waals surface area contributed by atoms with E-state index in [1.54, 1.807) is 0 Å². The van der Waals surface area contributed by atoms with E-state index in [2.05, 4.69) is 5.32 Å². The molecule has 158 valence electrons. The molecule has 7 nitrogen and oxygen atoms in total. The fourth-order valence-electron chi connectivity index (χ4n) is 3.09. The second-order valence-corrected chi connectivity index (χ2v) is 6.66. The zero-order valence-corrected chi connectivity index (χ0v) is 15.9. The first kappa shape index (κ1) is 21.2. The summed E-state index contributed by atoms with van der Waals surface area (Å²) in [5.74, 6) is -2.57. The van der Waals surface area contributed by atoms with Crippen LogP contribution in [-0.4, -0.2) is 35.0 Å². The summed E-state index contributed by atoms with van der Waals surface area (Å²) in [6.07, 6.45) is -5.65. The van der Waals surface area contributed by atoms with Crippen molar-refractivity contribution in [3.8, 4) is 5.75 Å². The summed E-state index contributed by atoms with van der Waals surface area (Å²) < 4.78 is 45.0. The molecule has 30 heavy (non-hydrogen) atoms. The molecule has 0 radical (unpaired) electrons. The van der Waals surface area contributed by atoms with Gasteiger partial charge in [0.05, 0.1) is 22.5 Å². The Morgan fingerprint density at radius 3 is 2.50 bits per heavy atom. The largest absolute Gasteiger partial charge is 0.479 e. The summed E-state index contributed by atoms with van der Waals surface area (Å²) in [4.78, 5) is 37.7. The average molecular weight is 422 g/mol. The highest BCUT2D eigenvalue weighted by Gasteiger charge is 2.39. The Bertz CT molecular complexity index is 1020. The molecule has 0 saturated heterocycles. The smallest absolute Gasteiger partial charge is 0.418 e. The van der Waals surface area contributed by atoms with Gasteiger partial charge in [0.1, 0.15) is 11.8 Å². The minimum atomic E-state index is -4.68. The molecule has 2 N–H and O–H groups in total. The van der Waals surface area contributed by atoms with E-state index < -0.39 is 47.4 Å². The van der Waals surface area contributed by atoms with Gasteiger partial charge in [-0.3, -0.25) is 14.5 Å². The molecule has 1 aliphatic heterocycles. The number of carbonyl (C=O) groups excluding carboxylic acids is 2. The lowest BCUT2D eigenvalue weighted by molar-refractivity contribution is -0.137. The zero-order valence-electron chi connectivity index (χ0n) is 15.9. The summed E-state index contributed by atoms with van der Waals surface area (Å²) >= 11 is 0. The van der Waals surface area contributed by atoms with Crippen molar-refractivity contribution >= 4 is 29.2 Å². The van der Waals surface area contributed by atoms with Crippen molar-refractivity contribution in [2.45, 2.75) is 32.2 Å². The molecule has 0 aliphatic carbocycles. The Labute approximate surface area is 169 Å². The Kier molecular flexibility index (Phi) is 5.43. The van der Waals surface area contributed by atoms with Crippen LogP contribution in [0.1, 0.15) is 29.8 Å². The van der Waals surface area contributed by atoms with E-state index in [1.165, 1.54) is 44.2 Å². The third-order valence-corrected chi connectivity index (χ3v) is 4.61. The number of alkyl halides is 3. The standard InChI is InChI=1S/C20H17F3N2O5/c1-10(17(26)24-14-6-4-3-5-13(14)20(21,22)23)25-15-9-12(19(28)29)7-8-16(15)30-11(2)18(25)27/h3-11H,1-2H3,(H,24,26)(H,28,29). The number of para-hydroxylation sites is 1. The van der Waals surface area contributed by atoms with Crippen molar-refractivity contribution in [2.24, 2.45) is 0 Å². The van der Waals surface area contributed by atoms with Crippen LogP contribution in [0.5, 0.6) is 5.75 Å². The van der Waals surface area contributed by atoms with Crippen molar-refractivity contribution in [3.63, 3.8) is 0 Å². The number of carboxylic acid groups (broad SMARTS) is 1. The molecule has 2 amide bonds. The van der Waals surface area contributed by atoms with Crippen LogP contribution < -0.4 is 15.0 Å². The summed E-state index contributed by atoms with van der Waals surface area (Å²) in [5.41, 5.74) is -1.57. The Balaban J connectivity index is 1.96. The van der Waals surface area contributed by atoms with Crippen molar-refractivity contribution in [3.05, 3.63) is 53.6 Å². The van der Waals surface area contributed by atoms with Gasteiger partial charge in [0.2, 0.25) is 5.91 Å². The molecular weight excluding hydrogens is 405 g/mol. The average Bonchev–Trinajstić information content (AvgIpc) is 2.67. The number of anilines is 2. The topological polar surface area (TPSA) is 95.9 Å². The maximum absolute atomic E-state index is 13.2. The van der Waals surface area contributed by atoms with Crippen LogP contribution in [0.2, 0.25) is 0 Å². The number of nitrogens with one attached hydrogen (secondary N) is 1. The minimum Gasteiger partial charge on any atom is -0.479 e. The molecule has 0 aromatic heterocycles. The summed E-state index contributed by atoms with van der Waals surface area (Å²) in [6.45, 7) is 2.78. The first-order valence-electron chi connectivity index (χ1n) is 8.85.